The highest BCUT2D eigenvalue weighted by Gasteiger charge is 2.37. The van der Waals surface area contributed by atoms with E-state index in [1.54, 1.807) is 18.3 Å². The van der Waals surface area contributed by atoms with Gasteiger partial charge in [0, 0.05) is 16.3 Å². The second kappa shape index (κ2) is 9.87. The number of hydrogen-bond acceptors (Lipinski definition) is 9. The van der Waals surface area contributed by atoms with Crippen LogP contribution in [0.5, 0.6) is 0 Å². The minimum absolute atomic E-state index is 0.0113. The molecular formula is C23H16F2N8O5P+. The minimum Gasteiger partial charge on any atom is -0.446 e. The van der Waals surface area contributed by atoms with Gasteiger partial charge in [-0.2, -0.15) is 5.10 Å². The molecule has 1 N–H and O–H groups in total. The van der Waals surface area contributed by atoms with Crippen LogP contribution in [-0.4, -0.2) is 51.9 Å². The molecule has 0 spiro atoms. The van der Waals surface area contributed by atoms with Crippen molar-refractivity contribution in [2.75, 3.05) is 11.5 Å². The van der Waals surface area contributed by atoms with Gasteiger partial charge in [-0.05, 0) is 35.9 Å². The number of ether oxygens (including phenoxy) is 1. The van der Waals surface area contributed by atoms with Crippen LogP contribution in [0.2, 0.25) is 0 Å². The third-order valence-electron chi connectivity index (χ3n) is 5.92. The number of carbonyl (C=O) groups is 1. The standard InChI is InChI=1S/C23H15F2N8O5P/c24-14-2-4-18(26-8-14)19-10-37-23(34)33(19)20-5-6-32-22(29-20)16(9-28-32)13-1-3-15(17(25)7-13)21-27-11-31(30-21)12-38-39(35)36/h1-9,11,19H,10,12H2/p+1/t19-/m1/s1. The molecule has 1 aliphatic rings. The number of fused-ring (bicyclic) bond motifs is 1. The van der Waals surface area contributed by atoms with Gasteiger partial charge in [0.25, 0.3) is 0 Å². The molecule has 1 aromatic carbocycles. The first-order valence-electron chi connectivity index (χ1n) is 11.3. The van der Waals surface area contributed by atoms with Gasteiger partial charge in [-0.25, -0.2) is 37.6 Å². The Kier molecular flexibility index (Phi) is 6.23. The molecule has 1 fully saturated rings. The number of cyclic esters (lactones) is 1. The average Bonchev–Trinajstić information content (AvgIpc) is 3.66. The zero-order valence-corrected chi connectivity index (χ0v) is 20.5. The number of hydrogen-bond donors (Lipinski definition) is 1. The van der Waals surface area contributed by atoms with Crippen LogP contribution in [-0.2, 0) is 20.6 Å². The van der Waals surface area contributed by atoms with Crippen LogP contribution in [0.15, 0.2) is 61.3 Å². The predicted octanol–water partition coefficient (Wildman–Crippen LogP) is 3.65. The maximum atomic E-state index is 15.1. The highest BCUT2D eigenvalue weighted by molar-refractivity contribution is 7.32. The van der Waals surface area contributed by atoms with E-state index in [1.807, 2.05) is 0 Å². The maximum absolute atomic E-state index is 15.1. The minimum atomic E-state index is -2.81. The van der Waals surface area contributed by atoms with Crippen LogP contribution in [0.4, 0.5) is 19.4 Å². The summed E-state index contributed by atoms with van der Waals surface area (Å²) in [5.74, 6) is -0.818. The van der Waals surface area contributed by atoms with Gasteiger partial charge >= 0.3 is 14.3 Å². The van der Waals surface area contributed by atoms with E-state index in [9.17, 15) is 13.8 Å². The van der Waals surface area contributed by atoms with Crippen LogP contribution >= 0.6 is 8.25 Å². The number of benzene rings is 1. The average molecular weight is 553 g/mol. The van der Waals surface area contributed by atoms with Crippen LogP contribution in [0.3, 0.4) is 0 Å². The normalized spacial score (nSPS) is 15.7. The molecule has 1 amide bonds. The molecule has 196 valence electrons. The summed E-state index contributed by atoms with van der Waals surface area (Å²) in [6, 6.07) is 8.08. The third kappa shape index (κ3) is 4.69. The Hall–Kier alpha value is -4.72. The van der Waals surface area contributed by atoms with Gasteiger partial charge in [-0.1, -0.05) is 10.6 Å². The molecule has 1 aliphatic heterocycles. The predicted molar refractivity (Wildman–Crippen MR) is 129 cm³/mol. The van der Waals surface area contributed by atoms with E-state index in [1.165, 1.54) is 46.2 Å². The Morgan fingerprint density at radius 3 is 2.77 bits per heavy atom. The second-order valence-corrected chi connectivity index (χ2v) is 9.01. The summed E-state index contributed by atoms with van der Waals surface area (Å²) in [5.41, 5.74) is 1.83. The molecule has 5 heterocycles. The van der Waals surface area contributed by atoms with Crippen molar-refractivity contribution >= 4 is 25.8 Å². The molecule has 0 saturated carbocycles. The molecular weight excluding hydrogens is 537 g/mol. The molecule has 1 saturated heterocycles. The summed E-state index contributed by atoms with van der Waals surface area (Å²) in [4.78, 5) is 35.4. The lowest BCUT2D eigenvalue weighted by molar-refractivity contribution is 0.178. The van der Waals surface area contributed by atoms with Crippen molar-refractivity contribution in [2.45, 2.75) is 12.8 Å². The molecule has 0 radical (unpaired) electrons. The van der Waals surface area contributed by atoms with Gasteiger partial charge in [-0.15, -0.1) is 9.99 Å². The summed E-state index contributed by atoms with van der Waals surface area (Å²) in [6.07, 6.45) is 4.79. The molecule has 2 atom stereocenters. The number of anilines is 1. The number of pyridine rings is 1. The van der Waals surface area contributed by atoms with Gasteiger partial charge in [-0.3, -0.25) is 4.98 Å². The number of nitrogens with zero attached hydrogens (tertiary/aromatic N) is 8. The summed E-state index contributed by atoms with van der Waals surface area (Å²) < 4.78 is 51.6. The third-order valence-corrected chi connectivity index (χ3v) is 6.26. The van der Waals surface area contributed by atoms with E-state index < -0.39 is 32.0 Å². The zero-order valence-electron chi connectivity index (χ0n) is 19.6. The van der Waals surface area contributed by atoms with Gasteiger partial charge in [0.15, 0.2) is 18.2 Å². The smallest absolute Gasteiger partial charge is 0.446 e. The SMILES string of the molecule is O=C1OC[C@H](c2ccc(F)cn2)N1c1ccn2ncc(-c3ccc(-c4ncn(CO[P+](=O)O)n4)c(F)c3)c2n1. The van der Waals surface area contributed by atoms with Crippen LogP contribution in [0.25, 0.3) is 28.2 Å². The lowest BCUT2D eigenvalue weighted by atomic mass is 10.1. The van der Waals surface area contributed by atoms with Gasteiger partial charge < -0.3 is 4.74 Å². The van der Waals surface area contributed by atoms with Crippen LogP contribution in [0, 0.1) is 11.6 Å². The van der Waals surface area contributed by atoms with Crippen molar-refractivity contribution in [3.63, 3.8) is 0 Å². The van der Waals surface area contributed by atoms with Gasteiger partial charge in [0.1, 0.15) is 36.4 Å². The first-order valence-corrected chi connectivity index (χ1v) is 12.4. The Morgan fingerprint density at radius 2 is 2.00 bits per heavy atom. The highest BCUT2D eigenvalue weighted by Crippen LogP contribution is 2.33. The topological polar surface area (TPSA) is 150 Å². The Bertz CT molecular complexity index is 1730. The molecule has 13 nitrogen and oxygen atoms in total. The van der Waals surface area contributed by atoms with E-state index in [4.69, 9.17) is 9.63 Å². The number of rotatable bonds is 7. The fraction of sp³-hybridized carbons (Fsp3) is 0.130. The molecule has 4 aromatic heterocycles. The van der Waals surface area contributed by atoms with Crippen LogP contribution < -0.4 is 4.90 Å². The molecule has 0 aliphatic carbocycles. The van der Waals surface area contributed by atoms with E-state index in [2.05, 4.69) is 29.7 Å². The summed E-state index contributed by atoms with van der Waals surface area (Å²) in [6.45, 7) is -0.311. The van der Waals surface area contributed by atoms with E-state index in [-0.39, 0.29) is 30.5 Å². The van der Waals surface area contributed by atoms with Crippen molar-refractivity contribution in [1.29, 1.82) is 0 Å². The lowest BCUT2D eigenvalue weighted by Gasteiger charge is -2.20. The molecule has 1 unspecified atom stereocenters. The summed E-state index contributed by atoms with van der Waals surface area (Å²) in [7, 11) is -2.81. The van der Waals surface area contributed by atoms with Crippen molar-refractivity contribution in [3.8, 4) is 22.5 Å². The quantitative estimate of drug-likeness (QED) is 0.296. The number of carbonyl (C=O) groups excluding carboxylic acids is 1. The van der Waals surface area contributed by atoms with Crippen molar-refractivity contribution < 1.29 is 32.3 Å². The van der Waals surface area contributed by atoms with E-state index in [0.29, 0.717) is 22.5 Å². The molecule has 6 rings (SSSR count). The first kappa shape index (κ1) is 24.6. The summed E-state index contributed by atoms with van der Waals surface area (Å²) in [5, 5.41) is 8.33. The fourth-order valence-corrected chi connectivity index (χ4v) is 4.34. The Morgan fingerprint density at radius 1 is 1.13 bits per heavy atom. The van der Waals surface area contributed by atoms with Crippen molar-refractivity contribution in [1.82, 2.24) is 34.3 Å². The van der Waals surface area contributed by atoms with E-state index in [0.717, 1.165) is 10.9 Å². The zero-order chi connectivity index (χ0) is 27.1. The lowest BCUT2D eigenvalue weighted by Crippen LogP contribution is -2.28. The molecule has 39 heavy (non-hydrogen) atoms. The number of aromatic nitrogens is 7. The Labute approximate surface area is 218 Å². The van der Waals surface area contributed by atoms with Crippen molar-refractivity contribution in [3.05, 3.63) is 78.6 Å². The second-order valence-electron chi connectivity index (χ2n) is 8.27. The van der Waals surface area contributed by atoms with Crippen molar-refractivity contribution in [2.24, 2.45) is 0 Å². The number of amides is 1. The highest BCUT2D eigenvalue weighted by atomic mass is 31.1. The maximum Gasteiger partial charge on any atom is 0.696 e. The van der Waals surface area contributed by atoms with Gasteiger partial charge in [0.05, 0.1) is 23.7 Å². The molecule has 5 aromatic rings. The van der Waals surface area contributed by atoms with E-state index >= 15 is 4.39 Å². The van der Waals surface area contributed by atoms with Crippen LogP contribution in [0.1, 0.15) is 11.7 Å². The summed E-state index contributed by atoms with van der Waals surface area (Å²) >= 11 is 0. The first-order chi connectivity index (χ1) is 18.9. The van der Waals surface area contributed by atoms with Gasteiger partial charge in [0.2, 0.25) is 0 Å². The monoisotopic (exact) mass is 553 g/mol. The fourth-order valence-electron chi connectivity index (χ4n) is 4.13. The number of halogens is 2. The Balaban J connectivity index is 1.32. The molecule has 0 bridgehead atoms. The molecule has 16 heteroatoms. The largest absolute Gasteiger partial charge is 0.696 e.